The van der Waals surface area contributed by atoms with E-state index >= 15 is 0 Å². The number of hydrogen-bond donors (Lipinski definition) is 2. The van der Waals surface area contributed by atoms with Gasteiger partial charge in [0.25, 0.3) is 0 Å². The number of amides is 1. The highest BCUT2D eigenvalue weighted by Crippen LogP contribution is 2.33. The summed E-state index contributed by atoms with van der Waals surface area (Å²) in [5.41, 5.74) is 7.36. The van der Waals surface area contributed by atoms with Crippen LogP contribution in [0, 0.1) is 0 Å². The van der Waals surface area contributed by atoms with Crippen LogP contribution in [0.4, 0.5) is 0 Å². The van der Waals surface area contributed by atoms with Gasteiger partial charge in [-0.25, -0.2) is 0 Å². The van der Waals surface area contributed by atoms with E-state index < -0.39 is 11.6 Å². The topological polar surface area (TPSA) is 81.4 Å². The second kappa shape index (κ2) is 7.09. The molecule has 6 heteroatoms. The summed E-state index contributed by atoms with van der Waals surface area (Å²) in [6, 6.07) is 11.8. The van der Waals surface area contributed by atoms with Gasteiger partial charge in [0.2, 0.25) is 5.91 Å². The maximum Gasteiger partial charge on any atom is 0.224 e. The molecule has 0 aromatic heterocycles. The third-order valence-electron chi connectivity index (χ3n) is 4.48. The van der Waals surface area contributed by atoms with Crippen molar-refractivity contribution in [2.75, 3.05) is 0 Å². The van der Waals surface area contributed by atoms with Crippen LogP contribution in [0.25, 0.3) is 0 Å². The van der Waals surface area contributed by atoms with Gasteiger partial charge in [0.05, 0.1) is 12.0 Å². The molecule has 136 valence electrons. The third kappa shape index (κ3) is 3.89. The lowest BCUT2D eigenvalue weighted by Gasteiger charge is -2.36. The lowest BCUT2D eigenvalue weighted by Crippen LogP contribution is -2.55. The minimum Gasteiger partial charge on any atom is -0.485 e. The van der Waals surface area contributed by atoms with Crippen LogP contribution in [-0.2, 0) is 17.8 Å². The van der Waals surface area contributed by atoms with Gasteiger partial charge in [-0.3, -0.25) is 9.59 Å². The summed E-state index contributed by atoms with van der Waals surface area (Å²) in [5.74, 6) is 0.209. The van der Waals surface area contributed by atoms with Gasteiger partial charge in [-0.1, -0.05) is 29.8 Å². The Bertz CT molecular complexity index is 847. The molecule has 0 saturated carbocycles. The van der Waals surface area contributed by atoms with Crippen molar-refractivity contribution < 1.29 is 14.3 Å². The molecule has 1 aliphatic rings. The van der Waals surface area contributed by atoms with Crippen molar-refractivity contribution >= 4 is 23.3 Å². The van der Waals surface area contributed by atoms with E-state index in [0.29, 0.717) is 22.9 Å². The van der Waals surface area contributed by atoms with E-state index in [9.17, 15) is 9.59 Å². The molecule has 3 N–H and O–H groups in total. The van der Waals surface area contributed by atoms with E-state index in [0.717, 1.165) is 11.1 Å². The van der Waals surface area contributed by atoms with Gasteiger partial charge in [-0.15, -0.1) is 0 Å². The number of hydrogen-bond acceptors (Lipinski definition) is 4. The zero-order chi connectivity index (χ0) is 18.9. The SMILES string of the molecule is CC1(C)Oc2ccc(CC(=O)NCc3ccc(Cl)cc3)cc2C(=O)C1N. The molecule has 0 spiro atoms. The number of benzene rings is 2. The molecule has 0 aliphatic carbocycles. The molecule has 0 bridgehead atoms. The number of Topliss-reactive ketones (excluding diaryl/α,β-unsaturated/α-hetero) is 1. The van der Waals surface area contributed by atoms with Crippen molar-refractivity contribution in [3.63, 3.8) is 0 Å². The van der Waals surface area contributed by atoms with Gasteiger partial charge in [-0.05, 0) is 49.2 Å². The number of ketones is 1. The van der Waals surface area contributed by atoms with E-state index in [1.165, 1.54) is 0 Å². The number of ether oxygens (including phenoxy) is 1. The van der Waals surface area contributed by atoms with Crippen molar-refractivity contribution in [3.05, 3.63) is 64.2 Å². The molecule has 1 unspecified atom stereocenters. The zero-order valence-electron chi connectivity index (χ0n) is 14.7. The van der Waals surface area contributed by atoms with Gasteiger partial charge in [-0.2, -0.15) is 0 Å². The average molecular weight is 373 g/mol. The molecule has 1 atom stereocenters. The number of nitrogens with two attached hydrogens (primary N) is 1. The molecule has 0 saturated heterocycles. The van der Waals surface area contributed by atoms with Gasteiger partial charge < -0.3 is 15.8 Å². The monoisotopic (exact) mass is 372 g/mol. The van der Waals surface area contributed by atoms with E-state index in [1.807, 2.05) is 12.1 Å². The molecule has 1 heterocycles. The number of nitrogens with one attached hydrogen (secondary N) is 1. The van der Waals surface area contributed by atoms with Gasteiger partial charge in [0, 0.05) is 11.6 Å². The lowest BCUT2D eigenvalue weighted by atomic mass is 9.87. The highest BCUT2D eigenvalue weighted by atomic mass is 35.5. The highest BCUT2D eigenvalue weighted by Gasteiger charge is 2.40. The van der Waals surface area contributed by atoms with Crippen molar-refractivity contribution in [1.29, 1.82) is 0 Å². The van der Waals surface area contributed by atoms with Crippen LogP contribution in [0.1, 0.15) is 35.3 Å². The van der Waals surface area contributed by atoms with Crippen molar-refractivity contribution in [2.45, 2.75) is 38.5 Å². The predicted octanol–water partition coefficient (Wildman–Crippen LogP) is 2.88. The Kier molecular flexibility index (Phi) is 5.03. The summed E-state index contributed by atoms with van der Waals surface area (Å²) in [6.45, 7) is 4.00. The number of rotatable bonds is 4. The van der Waals surface area contributed by atoms with Crippen LogP contribution in [0.3, 0.4) is 0 Å². The average Bonchev–Trinajstić information content (AvgIpc) is 2.60. The normalized spacial score (nSPS) is 18.0. The first-order chi connectivity index (χ1) is 12.3. The number of carbonyl (C=O) groups excluding carboxylic acids is 2. The Morgan fingerprint density at radius 2 is 1.85 bits per heavy atom. The largest absolute Gasteiger partial charge is 0.485 e. The van der Waals surface area contributed by atoms with Crippen LogP contribution >= 0.6 is 11.6 Å². The van der Waals surface area contributed by atoms with Gasteiger partial charge in [0.15, 0.2) is 5.78 Å². The van der Waals surface area contributed by atoms with Crippen LogP contribution < -0.4 is 15.8 Å². The molecule has 26 heavy (non-hydrogen) atoms. The summed E-state index contributed by atoms with van der Waals surface area (Å²) in [7, 11) is 0. The molecular weight excluding hydrogens is 352 g/mol. The highest BCUT2D eigenvalue weighted by molar-refractivity contribution is 6.30. The van der Waals surface area contributed by atoms with E-state index in [2.05, 4.69) is 5.32 Å². The first-order valence-electron chi connectivity index (χ1n) is 8.39. The molecule has 0 fully saturated rings. The molecule has 1 aliphatic heterocycles. The molecule has 2 aromatic carbocycles. The Morgan fingerprint density at radius 3 is 2.54 bits per heavy atom. The Hall–Kier alpha value is -2.37. The fourth-order valence-corrected chi connectivity index (χ4v) is 2.98. The molecule has 2 aromatic rings. The smallest absolute Gasteiger partial charge is 0.224 e. The van der Waals surface area contributed by atoms with Crippen LogP contribution in [0.5, 0.6) is 5.75 Å². The minimum atomic E-state index is -0.748. The number of carbonyl (C=O) groups is 2. The second-order valence-electron chi connectivity index (χ2n) is 6.96. The Balaban J connectivity index is 1.66. The number of fused-ring (bicyclic) bond motifs is 1. The molecule has 1 amide bonds. The van der Waals surface area contributed by atoms with Crippen molar-refractivity contribution in [1.82, 2.24) is 5.32 Å². The molecular formula is C20H21ClN2O3. The standard InChI is InChI=1S/C20H21ClN2O3/c1-20(2)19(22)18(25)15-9-13(5-8-16(15)26-20)10-17(24)23-11-12-3-6-14(21)7-4-12/h3-9,19H,10-11,22H2,1-2H3,(H,23,24). The fraction of sp³-hybridized carbons (Fsp3) is 0.300. The van der Waals surface area contributed by atoms with Gasteiger partial charge >= 0.3 is 0 Å². The van der Waals surface area contributed by atoms with E-state index in [1.54, 1.807) is 44.2 Å². The maximum absolute atomic E-state index is 12.5. The summed E-state index contributed by atoms with van der Waals surface area (Å²) >= 11 is 5.85. The third-order valence-corrected chi connectivity index (χ3v) is 4.73. The molecule has 3 rings (SSSR count). The second-order valence-corrected chi connectivity index (χ2v) is 7.39. The zero-order valence-corrected chi connectivity index (χ0v) is 15.5. The number of halogens is 1. The fourth-order valence-electron chi connectivity index (χ4n) is 2.85. The first kappa shape index (κ1) is 18.4. The summed E-state index contributed by atoms with van der Waals surface area (Å²) < 4.78 is 5.82. The Labute approximate surface area is 157 Å². The molecule has 5 nitrogen and oxygen atoms in total. The van der Waals surface area contributed by atoms with E-state index in [4.69, 9.17) is 22.1 Å². The van der Waals surface area contributed by atoms with E-state index in [-0.39, 0.29) is 18.1 Å². The quantitative estimate of drug-likeness (QED) is 0.864. The minimum absolute atomic E-state index is 0.131. The first-order valence-corrected chi connectivity index (χ1v) is 8.77. The lowest BCUT2D eigenvalue weighted by molar-refractivity contribution is -0.120. The Morgan fingerprint density at radius 1 is 1.19 bits per heavy atom. The summed E-state index contributed by atoms with van der Waals surface area (Å²) in [4.78, 5) is 24.7. The maximum atomic E-state index is 12.5. The van der Waals surface area contributed by atoms with Crippen molar-refractivity contribution in [2.24, 2.45) is 5.73 Å². The van der Waals surface area contributed by atoms with Gasteiger partial charge in [0.1, 0.15) is 17.4 Å². The van der Waals surface area contributed by atoms with Crippen LogP contribution in [0.2, 0.25) is 5.02 Å². The van der Waals surface area contributed by atoms with Crippen molar-refractivity contribution in [3.8, 4) is 5.75 Å². The summed E-state index contributed by atoms with van der Waals surface area (Å²) in [5, 5.41) is 3.51. The predicted molar refractivity (Wildman–Crippen MR) is 100 cm³/mol. The summed E-state index contributed by atoms with van der Waals surface area (Å²) in [6.07, 6.45) is 0.173. The van der Waals surface area contributed by atoms with Crippen LogP contribution in [0.15, 0.2) is 42.5 Å². The van der Waals surface area contributed by atoms with Crippen LogP contribution in [-0.4, -0.2) is 23.3 Å². The molecule has 0 radical (unpaired) electrons.